The summed E-state index contributed by atoms with van der Waals surface area (Å²) in [7, 11) is 0. The molecule has 1 unspecified atom stereocenters. The molecule has 2 rings (SSSR count). The summed E-state index contributed by atoms with van der Waals surface area (Å²) in [6.45, 7) is 5.45. The molecule has 0 spiro atoms. The first-order chi connectivity index (χ1) is 5.70. The summed E-state index contributed by atoms with van der Waals surface area (Å²) in [4.78, 5) is 4.40. The Balaban J connectivity index is 2.46. The van der Waals surface area contributed by atoms with Crippen LogP contribution in [0.1, 0.15) is 42.8 Å². The van der Waals surface area contributed by atoms with Crippen molar-refractivity contribution >= 4 is 12.6 Å². The standard InChI is InChI=1S/C9H14N2S/c1-6(2)8-9-7(12)3-4-11(9)5-10-8/h5-7,12H,3-4H2,1-2H3. The number of aromatic nitrogens is 2. The number of aryl methyl sites for hydroxylation is 1. The highest BCUT2D eigenvalue weighted by molar-refractivity contribution is 7.80. The Labute approximate surface area is 78.4 Å². The Hall–Kier alpha value is -0.440. The Bertz CT molecular complexity index is 291. The van der Waals surface area contributed by atoms with Crippen molar-refractivity contribution in [2.24, 2.45) is 0 Å². The van der Waals surface area contributed by atoms with Gasteiger partial charge in [0.1, 0.15) is 0 Å². The van der Waals surface area contributed by atoms with Crippen LogP contribution in [-0.2, 0) is 6.54 Å². The van der Waals surface area contributed by atoms with Gasteiger partial charge in [0, 0.05) is 11.8 Å². The van der Waals surface area contributed by atoms with Crippen molar-refractivity contribution in [2.75, 3.05) is 0 Å². The Kier molecular flexibility index (Phi) is 1.91. The lowest BCUT2D eigenvalue weighted by Gasteiger charge is -2.06. The van der Waals surface area contributed by atoms with Crippen molar-refractivity contribution in [3.05, 3.63) is 17.7 Å². The van der Waals surface area contributed by atoms with Crippen molar-refractivity contribution in [1.82, 2.24) is 9.55 Å². The second-order valence-electron chi connectivity index (χ2n) is 3.67. The zero-order valence-electron chi connectivity index (χ0n) is 7.49. The molecule has 0 radical (unpaired) electrons. The topological polar surface area (TPSA) is 17.8 Å². The van der Waals surface area contributed by atoms with E-state index in [1.54, 1.807) is 0 Å². The monoisotopic (exact) mass is 182 g/mol. The predicted octanol–water partition coefficient (Wildman–Crippen LogP) is 2.38. The molecule has 0 amide bonds. The van der Waals surface area contributed by atoms with Crippen molar-refractivity contribution in [3.8, 4) is 0 Å². The molecule has 0 fully saturated rings. The van der Waals surface area contributed by atoms with E-state index < -0.39 is 0 Å². The third-order valence-corrected chi connectivity index (χ3v) is 2.92. The molecule has 1 aromatic heterocycles. The van der Waals surface area contributed by atoms with Gasteiger partial charge in [0.2, 0.25) is 0 Å². The van der Waals surface area contributed by atoms with Crippen LogP contribution >= 0.6 is 12.6 Å². The normalized spacial score (nSPS) is 21.8. The smallest absolute Gasteiger partial charge is 0.0952 e. The van der Waals surface area contributed by atoms with Crippen LogP contribution in [0.4, 0.5) is 0 Å². The molecule has 12 heavy (non-hydrogen) atoms. The number of hydrogen-bond donors (Lipinski definition) is 1. The lowest BCUT2D eigenvalue weighted by atomic mass is 10.1. The van der Waals surface area contributed by atoms with E-state index >= 15 is 0 Å². The fourth-order valence-corrected chi connectivity index (χ4v) is 2.19. The number of nitrogens with zero attached hydrogens (tertiary/aromatic N) is 2. The van der Waals surface area contributed by atoms with Crippen LogP contribution < -0.4 is 0 Å². The second kappa shape index (κ2) is 2.80. The van der Waals surface area contributed by atoms with E-state index in [4.69, 9.17) is 0 Å². The highest BCUT2D eigenvalue weighted by atomic mass is 32.1. The maximum Gasteiger partial charge on any atom is 0.0952 e. The minimum atomic E-state index is 0.407. The zero-order chi connectivity index (χ0) is 8.72. The Morgan fingerprint density at radius 2 is 2.42 bits per heavy atom. The number of fused-ring (bicyclic) bond motifs is 1. The van der Waals surface area contributed by atoms with Crippen LogP contribution in [0.25, 0.3) is 0 Å². The highest BCUT2D eigenvalue weighted by Crippen LogP contribution is 2.35. The molecule has 0 saturated carbocycles. The molecule has 0 aromatic carbocycles. The van der Waals surface area contributed by atoms with Gasteiger partial charge in [0.25, 0.3) is 0 Å². The summed E-state index contributed by atoms with van der Waals surface area (Å²) in [5.74, 6) is 0.522. The van der Waals surface area contributed by atoms with Gasteiger partial charge in [-0.05, 0) is 12.3 Å². The Morgan fingerprint density at radius 3 is 3.08 bits per heavy atom. The summed E-state index contributed by atoms with van der Waals surface area (Å²) >= 11 is 4.54. The first kappa shape index (κ1) is 8.17. The minimum Gasteiger partial charge on any atom is -0.333 e. The van der Waals surface area contributed by atoms with Gasteiger partial charge in [-0.15, -0.1) is 0 Å². The van der Waals surface area contributed by atoms with Gasteiger partial charge < -0.3 is 4.57 Å². The summed E-state index contributed by atoms with van der Waals surface area (Å²) in [6, 6.07) is 0. The molecular formula is C9H14N2S. The zero-order valence-corrected chi connectivity index (χ0v) is 8.38. The molecule has 1 aliphatic rings. The molecule has 2 heterocycles. The average molecular weight is 182 g/mol. The number of rotatable bonds is 1. The van der Waals surface area contributed by atoms with Gasteiger partial charge in [0.05, 0.1) is 17.7 Å². The lowest BCUT2D eigenvalue weighted by molar-refractivity contribution is 0.738. The van der Waals surface area contributed by atoms with Crippen molar-refractivity contribution < 1.29 is 0 Å². The van der Waals surface area contributed by atoms with Crippen LogP contribution in [0.15, 0.2) is 6.33 Å². The predicted molar refractivity (Wildman–Crippen MR) is 52.7 cm³/mol. The molecule has 1 aromatic rings. The SMILES string of the molecule is CC(C)c1ncn2c1C(S)CC2. The molecule has 1 atom stereocenters. The van der Waals surface area contributed by atoms with Crippen LogP contribution in [0.5, 0.6) is 0 Å². The van der Waals surface area contributed by atoms with Gasteiger partial charge in [-0.3, -0.25) is 0 Å². The summed E-state index contributed by atoms with van der Waals surface area (Å²) < 4.78 is 2.23. The van der Waals surface area contributed by atoms with Crippen molar-refractivity contribution in [3.63, 3.8) is 0 Å². The van der Waals surface area contributed by atoms with Crippen LogP contribution in [-0.4, -0.2) is 9.55 Å². The number of imidazole rings is 1. The van der Waals surface area contributed by atoms with E-state index in [1.807, 2.05) is 6.33 Å². The van der Waals surface area contributed by atoms with Crippen LogP contribution in [0, 0.1) is 0 Å². The second-order valence-corrected chi connectivity index (χ2v) is 4.29. The molecule has 0 N–H and O–H groups in total. The van der Waals surface area contributed by atoms with Crippen molar-refractivity contribution in [1.29, 1.82) is 0 Å². The highest BCUT2D eigenvalue weighted by Gasteiger charge is 2.24. The van der Waals surface area contributed by atoms with Crippen LogP contribution in [0.2, 0.25) is 0 Å². The molecular weight excluding hydrogens is 168 g/mol. The maximum atomic E-state index is 4.54. The minimum absolute atomic E-state index is 0.407. The molecule has 0 aliphatic carbocycles. The van der Waals surface area contributed by atoms with E-state index in [0.717, 1.165) is 13.0 Å². The third kappa shape index (κ3) is 1.07. The number of thiol groups is 1. The van der Waals surface area contributed by atoms with Gasteiger partial charge in [-0.2, -0.15) is 12.6 Å². The van der Waals surface area contributed by atoms with E-state index in [1.165, 1.54) is 11.4 Å². The lowest BCUT2D eigenvalue weighted by Crippen LogP contribution is -1.96. The third-order valence-electron chi connectivity index (χ3n) is 2.41. The average Bonchev–Trinajstić information content (AvgIpc) is 2.53. The first-order valence-corrected chi connectivity index (χ1v) is 4.94. The largest absolute Gasteiger partial charge is 0.333 e. The van der Waals surface area contributed by atoms with E-state index in [-0.39, 0.29) is 0 Å². The van der Waals surface area contributed by atoms with Crippen molar-refractivity contribution in [2.45, 2.75) is 38.0 Å². The van der Waals surface area contributed by atoms with Gasteiger partial charge in [-0.25, -0.2) is 4.98 Å². The summed E-state index contributed by atoms with van der Waals surface area (Å²) in [5.41, 5.74) is 2.57. The molecule has 2 nitrogen and oxygen atoms in total. The Morgan fingerprint density at radius 1 is 1.67 bits per heavy atom. The molecule has 66 valence electrons. The first-order valence-electron chi connectivity index (χ1n) is 4.43. The van der Waals surface area contributed by atoms with Gasteiger partial charge >= 0.3 is 0 Å². The fraction of sp³-hybridized carbons (Fsp3) is 0.667. The van der Waals surface area contributed by atoms with E-state index in [2.05, 4.69) is 36.0 Å². The quantitative estimate of drug-likeness (QED) is 0.660. The summed E-state index contributed by atoms with van der Waals surface area (Å²) in [5, 5.41) is 0.407. The fourth-order valence-electron chi connectivity index (χ4n) is 1.79. The van der Waals surface area contributed by atoms with Gasteiger partial charge in [-0.1, -0.05) is 13.8 Å². The molecule has 1 aliphatic heterocycles. The summed E-state index contributed by atoms with van der Waals surface area (Å²) in [6.07, 6.45) is 3.10. The van der Waals surface area contributed by atoms with Crippen LogP contribution in [0.3, 0.4) is 0 Å². The molecule has 0 bridgehead atoms. The van der Waals surface area contributed by atoms with Gasteiger partial charge in [0.15, 0.2) is 0 Å². The number of hydrogen-bond acceptors (Lipinski definition) is 2. The molecule has 3 heteroatoms. The van der Waals surface area contributed by atoms with E-state index in [9.17, 15) is 0 Å². The molecule has 0 saturated heterocycles. The van der Waals surface area contributed by atoms with E-state index in [0.29, 0.717) is 11.2 Å². The maximum absolute atomic E-state index is 4.54.